The number of hydrogen-bond donors (Lipinski definition) is 1. The zero-order chi connectivity index (χ0) is 19.3. The van der Waals surface area contributed by atoms with E-state index in [0.717, 1.165) is 32.4 Å². The molecule has 5 heteroatoms. The molecule has 1 unspecified atom stereocenters. The molecule has 0 amide bonds. The molecule has 28 heavy (non-hydrogen) atoms. The van der Waals surface area contributed by atoms with Gasteiger partial charge in [-0.2, -0.15) is 5.10 Å². The number of benzene rings is 1. The van der Waals surface area contributed by atoms with Crippen LogP contribution in [0, 0.1) is 0 Å². The van der Waals surface area contributed by atoms with Crippen LogP contribution in [0.25, 0.3) is 11.9 Å². The molecular weight excluding hydrogens is 364 g/mol. The van der Waals surface area contributed by atoms with E-state index in [2.05, 4.69) is 64.3 Å². The second kappa shape index (κ2) is 8.76. The maximum atomic E-state index is 4.45. The molecule has 0 spiro atoms. The second-order valence-electron chi connectivity index (χ2n) is 7.37. The Morgan fingerprint density at radius 2 is 2.11 bits per heavy atom. The Morgan fingerprint density at radius 3 is 2.86 bits per heavy atom. The molecule has 0 radical (unpaired) electrons. The zero-order valence-electron chi connectivity index (χ0n) is 16.0. The fourth-order valence-corrected chi connectivity index (χ4v) is 4.23. The van der Waals surface area contributed by atoms with Crippen LogP contribution in [-0.2, 0) is 6.42 Å². The van der Waals surface area contributed by atoms with Crippen molar-refractivity contribution in [1.82, 2.24) is 14.1 Å². The smallest absolute Gasteiger partial charge is 0.152 e. The molecule has 0 saturated carbocycles. The Balaban J connectivity index is 1.46. The van der Waals surface area contributed by atoms with Gasteiger partial charge in [-0.25, -0.2) is 9.67 Å². The highest BCUT2D eigenvalue weighted by atomic mass is 32.1. The zero-order valence-corrected chi connectivity index (χ0v) is 16.9. The third-order valence-electron chi connectivity index (χ3n) is 5.55. The van der Waals surface area contributed by atoms with E-state index in [1.165, 1.54) is 23.1 Å². The van der Waals surface area contributed by atoms with Crippen molar-refractivity contribution in [3.63, 3.8) is 0 Å². The van der Waals surface area contributed by atoms with E-state index in [9.17, 15) is 0 Å². The Hall–Kier alpha value is -2.37. The molecule has 1 aromatic carbocycles. The summed E-state index contributed by atoms with van der Waals surface area (Å²) < 4.78 is 3.82. The quantitative estimate of drug-likeness (QED) is 0.338. The van der Waals surface area contributed by atoms with Gasteiger partial charge in [-0.3, -0.25) is 4.31 Å². The van der Waals surface area contributed by atoms with Gasteiger partial charge in [0.15, 0.2) is 5.82 Å². The summed E-state index contributed by atoms with van der Waals surface area (Å²) in [5.74, 6) is 1.28. The van der Waals surface area contributed by atoms with Crippen LogP contribution in [0.3, 0.4) is 0 Å². The van der Waals surface area contributed by atoms with Gasteiger partial charge in [0.1, 0.15) is 0 Å². The number of piperidine rings is 1. The van der Waals surface area contributed by atoms with Crippen molar-refractivity contribution in [3.8, 4) is 0 Å². The van der Waals surface area contributed by atoms with Gasteiger partial charge in [0.2, 0.25) is 0 Å². The standard InChI is InChI=1S/C23H26N4S/c1-24-23(27-13-3-12-25-27)5-2-4-18-6-9-22-20(16-18)7-8-21(22)17-19-10-14-26(28)15-11-19/h2-6,9,12-13,16-17,21,28H,1,7-8,10-11,14-15H2/b4-2-,23-5+. The van der Waals surface area contributed by atoms with Gasteiger partial charge in [0.25, 0.3) is 0 Å². The van der Waals surface area contributed by atoms with E-state index in [4.69, 9.17) is 0 Å². The molecule has 1 aromatic heterocycles. The van der Waals surface area contributed by atoms with Crippen molar-refractivity contribution < 1.29 is 0 Å². The Bertz CT molecular complexity index is 914. The number of fused-ring (bicyclic) bond motifs is 1. The van der Waals surface area contributed by atoms with E-state index in [1.807, 2.05) is 24.4 Å². The normalized spacial score (nSPS) is 20.5. The first-order chi connectivity index (χ1) is 13.7. The number of nitrogens with zero attached hydrogens (tertiary/aromatic N) is 4. The van der Waals surface area contributed by atoms with Crippen molar-refractivity contribution >= 4 is 31.4 Å². The molecule has 0 N–H and O–H groups in total. The second-order valence-corrected chi connectivity index (χ2v) is 7.94. The molecule has 1 aliphatic carbocycles. The van der Waals surface area contributed by atoms with Crippen LogP contribution in [0.15, 0.2) is 65.5 Å². The molecular formula is C23H26N4S. The first kappa shape index (κ1) is 19.0. The number of aliphatic imine (C=N–C) groups is 1. The lowest BCUT2D eigenvalue weighted by atomic mass is 9.94. The highest BCUT2D eigenvalue weighted by Crippen LogP contribution is 2.36. The van der Waals surface area contributed by atoms with Crippen molar-refractivity contribution in [1.29, 1.82) is 0 Å². The van der Waals surface area contributed by atoms with E-state index in [-0.39, 0.29) is 0 Å². The van der Waals surface area contributed by atoms with Gasteiger partial charge in [0.05, 0.1) is 0 Å². The largest absolute Gasteiger partial charge is 0.253 e. The van der Waals surface area contributed by atoms with E-state index in [0.29, 0.717) is 11.7 Å². The molecule has 144 valence electrons. The maximum absolute atomic E-state index is 4.45. The van der Waals surface area contributed by atoms with Crippen LogP contribution in [0.4, 0.5) is 0 Å². The maximum Gasteiger partial charge on any atom is 0.152 e. The lowest BCUT2D eigenvalue weighted by Gasteiger charge is -2.23. The summed E-state index contributed by atoms with van der Waals surface area (Å²) >= 11 is 4.45. The predicted octanol–water partition coefficient (Wildman–Crippen LogP) is 4.99. The fraction of sp³-hybridized carbons (Fsp3) is 0.304. The fourth-order valence-electron chi connectivity index (χ4n) is 4.03. The van der Waals surface area contributed by atoms with E-state index in [1.54, 1.807) is 16.5 Å². The highest BCUT2D eigenvalue weighted by Gasteiger charge is 2.22. The van der Waals surface area contributed by atoms with Crippen molar-refractivity contribution in [3.05, 3.63) is 77.2 Å². The van der Waals surface area contributed by atoms with Crippen molar-refractivity contribution in [2.75, 3.05) is 13.1 Å². The molecule has 2 aromatic rings. The van der Waals surface area contributed by atoms with Crippen LogP contribution in [0.1, 0.15) is 41.9 Å². The third-order valence-corrected chi connectivity index (χ3v) is 5.95. The number of rotatable bonds is 5. The van der Waals surface area contributed by atoms with Crippen LogP contribution in [-0.4, -0.2) is 33.9 Å². The first-order valence-electron chi connectivity index (χ1n) is 9.84. The predicted molar refractivity (Wildman–Crippen MR) is 120 cm³/mol. The average molecular weight is 391 g/mol. The molecule has 1 fully saturated rings. The highest BCUT2D eigenvalue weighted by molar-refractivity contribution is 7.77. The summed E-state index contributed by atoms with van der Waals surface area (Å²) in [5, 5.41) is 4.19. The van der Waals surface area contributed by atoms with E-state index >= 15 is 0 Å². The van der Waals surface area contributed by atoms with Gasteiger partial charge in [-0.05, 0) is 61.2 Å². The molecule has 4 rings (SSSR count). The lowest BCUT2D eigenvalue weighted by Crippen LogP contribution is -2.21. The topological polar surface area (TPSA) is 33.4 Å². The third kappa shape index (κ3) is 4.37. The molecule has 2 heterocycles. The Morgan fingerprint density at radius 1 is 1.25 bits per heavy atom. The van der Waals surface area contributed by atoms with E-state index < -0.39 is 0 Å². The minimum atomic E-state index is 0.575. The Kier molecular flexibility index (Phi) is 5.93. The van der Waals surface area contributed by atoms with Gasteiger partial charge in [0, 0.05) is 31.4 Å². The summed E-state index contributed by atoms with van der Waals surface area (Å²) in [5.41, 5.74) is 5.79. The summed E-state index contributed by atoms with van der Waals surface area (Å²) in [4.78, 5) is 4.04. The number of aromatic nitrogens is 2. The van der Waals surface area contributed by atoms with Crippen LogP contribution < -0.4 is 0 Å². The monoisotopic (exact) mass is 390 g/mol. The number of thiol groups is 1. The Labute approximate surface area is 172 Å². The minimum Gasteiger partial charge on any atom is -0.253 e. The van der Waals surface area contributed by atoms with Gasteiger partial charge >= 0.3 is 0 Å². The number of aryl methyl sites for hydroxylation is 1. The molecule has 0 bridgehead atoms. The summed E-state index contributed by atoms with van der Waals surface area (Å²) in [7, 11) is 0. The number of hydrogen-bond acceptors (Lipinski definition) is 4. The summed E-state index contributed by atoms with van der Waals surface area (Å²) in [6, 6.07) is 8.72. The van der Waals surface area contributed by atoms with Crippen LogP contribution >= 0.6 is 12.8 Å². The van der Waals surface area contributed by atoms with Gasteiger partial charge in [-0.15, -0.1) is 0 Å². The molecule has 2 aliphatic rings. The van der Waals surface area contributed by atoms with Crippen molar-refractivity contribution in [2.24, 2.45) is 4.99 Å². The molecule has 1 aliphatic heterocycles. The molecule has 1 saturated heterocycles. The SMILES string of the molecule is C=N/C(=C\C=C/c1ccc2c(c1)CCC2C=C1CCN(S)CC1)n1cccn1. The lowest BCUT2D eigenvalue weighted by molar-refractivity contribution is 0.437. The van der Waals surface area contributed by atoms with Gasteiger partial charge in [-0.1, -0.05) is 54.8 Å². The van der Waals surface area contributed by atoms with Crippen LogP contribution in [0.2, 0.25) is 0 Å². The minimum absolute atomic E-state index is 0.575. The van der Waals surface area contributed by atoms with Crippen molar-refractivity contribution in [2.45, 2.75) is 31.6 Å². The van der Waals surface area contributed by atoms with Crippen LogP contribution in [0.5, 0.6) is 0 Å². The molecule has 1 atom stereocenters. The average Bonchev–Trinajstić information content (AvgIpc) is 3.37. The summed E-state index contributed by atoms with van der Waals surface area (Å²) in [6.45, 7) is 5.75. The number of allylic oxidation sites excluding steroid dienone is 3. The molecule has 4 nitrogen and oxygen atoms in total. The summed E-state index contributed by atoms with van der Waals surface area (Å²) in [6.07, 6.45) is 16.8. The first-order valence-corrected chi connectivity index (χ1v) is 10.2. The van der Waals surface area contributed by atoms with Gasteiger partial charge < -0.3 is 0 Å².